The number of para-hydroxylation sites is 2. The molecule has 4 heterocycles. The van der Waals surface area contributed by atoms with Gasteiger partial charge in [0.15, 0.2) is 0 Å². The van der Waals surface area contributed by atoms with E-state index in [0.29, 0.717) is 11.5 Å². The van der Waals surface area contributed by atoms with Crippen LogP contribution in [0.3, 0.4) is 0 Å². The maximum Gasteiger partial charge on any atom is 0.268 e. The van der Waals surface area contributed by atoms with Crippen LogP contribution in [0.4, 0.5) is 0 Å². The maximum atomic E-state index is 6.74. The molecule has 11 aromatic rings. The van der Waals surface area contributed by atoms with E-state index in [-0.39, 0.29) is 31.9 Å². The number of ether oxygens (including phenoxy) is 1. The van der Waals surface area contributed by atoms with Crippen LogP contribution in [0.25, 0.3) is 94.5 Å². The largest absolute Gasteiger partial charge is 0.510 e. The molecule has 13 rings (SSSR count). The summed E-state index contributed by atoms with van der Waals surface area (Å²) >= 11 is 0. The number of aromatic nitrogens is 4. The van der Waals surface area contributed by atoms with Gasteiger partial charge >= 0.3 is 0 Å². The van der Waals surface area contributed by atoms with E-state index in [1.807, 2.05) is 24.4 Å². The van der Waals surface area contributed by atoms with Gasteiger partial charge in [-0.1, -0.05) is 161 Å². The van der Waals surface area contributed by atoms with Gasteiger partial charge in [-0.3, -0.25) is 4.57 Å². The predicted molar refractivity (Wildman–Crippen MR) is 266 cm³/mol. The van der Waals surface area contributed by atoms with E-state index in [0.717, 1.165) is 61.2 Å². The van der Waals surface area contributed by atoms with Crippen molar-refractivity contribution in [3.05, 3.63) is 211 Å². The summed E-state index contributed by atoms with van der Waals surface area (Å²) in [5, 5.41) is 2.22. The molecule has 0 atom stereocenters. The summed E-state index contributed by atoms with van der Waals surface area (Å²) in [6.07, 6.45) is 5.85. The summed E-state index contributed by atoms with van der Waals surface area (Å²) in [5.74, 6) is 2.02. The molecule has 3 aromatic heterocycles. The second-order valence-corrected chi connectivity index (χ2v) is 19.2. The van der Waals surface area contributed by atoms with Crippen LogP contribution in [0.1, 0.15) is 51.3 Å². The summed E-state index contributed by atoms with van der Waals surface area (Å²) < 4.78 is 13.4. The molecule has 326 valence electrons. The van der Waals surface area contributed by atoms with Crippen molar-refractivity contribution in [1.29, 1.82) is 0 Å². The monoisotopic (exact) mass is 1040 g/mol. The smallest absolute Gasteiger partial charge is 0.268 e. The minimum atomic E-state index is -0.190. The second kappa shape index (κ2) is 15.1. The van der Waals surface area contributed by atoms with Crippen molar-refractivity contribution in [2.75, 3.05) is 0 Å². The maximum absolute atomic E-state index is 6.74. The fourth-order valence-corrected chi connectivity index (χ4v) is 10.8. The van der Waals surface area contributed by atoms with Crippen molar-refractivity contribution in [2.24, 2.45) is 0 Å². The molecule has 5 nitrogen and oxygen atoms in total. The van der Waals surface area contributed by atoms with Crippen LogP contribution in [-0.2, 0) is 31.9 Å². The van der Waals surface area contributed by atoms with E-state index in [1.54, 1.807) is 0 Å². The Balaban J connectivity index is 0.00000468. The average molecular weight is 1040 g/mol. The molecule has 0 amide bonds. The second-order valence-electron chi connectivity index (χ2n) is 19.2. The molecule has 2 aliphatic rings. The van der Waals surface area contributed by atoms with Crippen LogP contribution in [0, 0.1) is 18.5 Å². The van der Waals surface area contributed by atoms with Crippen LogP contribution in [0.5, 0.6) is 11.5 Å². The molecular weight excluding hydrogens is 1000 g/mol. The Hall–Kier alpha value is -7.33. The van der Waals surface area contributed by atoms with Gasteiger partial charge in [-0.25, -0.2) is 4.98 Å². The van der Waals surface area contributed by atoms with Gasteiger partial charge in [-0.2, -0.15) is 18.2 Å². The molecule has 0 N–H and O–H groups in total. The molecule has 0 unspecified atom stereocenters. The number of hydrogen-bond acceptors (Lipinski definition) is 2. The molecule has 0 spiro atoms. The van der Waals surface area contributed by atoms with Crippen molar-refractivity contribution in [3.8, 4) is 73.2 Å². The number of imidazole rings is 1. The first-order valence-electron chi connectivity index (χ1n) is 22.7. The summed E-state index contributed by atoms with van der Waals surface area (Å²) in [6.45, 7) is 11.4. The first kappa shape index (κ1) is 41.1. The topological polar surface area (TPSA) is 35.9 Å². The molecule has 1 aliphatic heterocycles. The SMILES string of the molecule is CC(C)(C)c1ccnc(-n2c3[c-]c(Oc4[c-]c(-n5[c-][n+]6c7c(cccc75)-c5ccccc5-c5ccccc5-c5ccc7c(c5-6)-c5ccccc5C7(C)C)ccc4)ccc3c3ccccc32)c1.[Pt]. The zero-order chi connectivity index (χ0) is 44.5. The molecule has 67 heavy (non-hydrogen) atoms. The fraction of sp³-hybridized carbons (Fsp3) is 0.115. The Morgan fingerprint density at radius 3 is 1.99 bits per heavy atom. The van der Waals surface area contributed by atoms with E-state index in [9.17, 15) is 0 Å². The number of rotatable bonds is 4. The van der Waals surface area contributed by atoms with Gasteiger partial charge in [0.1, 0.15) is 5.82 Å². The third-order valence-electron chi connectivity index (χ3n) is 14.0. The van der Waals surface area contributed by atoms with E-state index < -0.39 is 0 Å². The van der Waals surface area contributed by atoms with Crippen LogP contribution >= 0.6 is 0 Å². The van der Waals surface area contributed by atoms with Gasteiger partial charge in [0.2, 0.25) is 0 Å². The van der Waals surface area contributed by atoms with Crippen molar-refractivity contribution in [3.63, 3.8) is 0 Å². The van der Waals surface area contributed by atoms with Crippen LogP contribution < -0.4 is 9.30 Å². The van der Waals surface area contributed by atoms with Gasteiger partial charge in [-0.15, -0.1) is 29.7 Å². The zero-order valence-corrected chi connectivity index (χ0v) is 40.0. The Morgan fingerprint density at radius 2 is 1.21 bits per heavy atom. The standard InChI is InChI=1S/C61H44N4O.Pt/c1-60(2,3)38-32-33-62-56(34-38)65-53-26-13-11-22-46(53)47-29-28-41(36-55(47)65)66-40-17-14-16-39(35-40)63-37-64-58-48(24-15-27-54(58)63)44-20-8-6-18-42(44)43-19-7-9-21-45(43)49-30-31-52-57(59(49)64)50-23-10-12-25-51(50)61(52,4)5;/h6-34H,1-5H3;/q-2;. The number of pyridine rings is 1. The molecule has 0 saturated heterocycles. The molecule has 0 radical (unpaired) electrons. The van der Waals surface area contributed by atoms with Crippen molar-refractivity contribution in [2.45, 2.75) is 45.4 Å². The van der Waals surface area contributed by atoms with Crippen molar-refractivity contribution < 1.29 is 30.4 Å². The van der Waals surface area contributed by atoms with E-state index in [2.05, 4.69) is 218 Å². The van der Waals surface area contributed by atoms with Gasteiger partial charge in [0.25, 0.3) is 6.33 Å². The number of nitrogens with zero attached hydrogens (tertiary/aromatic N) is 4. The van der Waals surface area contributed by atoms with Gasteiger partial charge < -0.3 is 13.9 Å². The molecule has 8 aromatic carbocycles. The van der Waals surface area contributed by atoms with Gasteiger partial charge in [0, 0.05) is 49.7 Å². The summed E-state index contributed by atoms with van der Waals surface area (Å²) in [4.78, 5) is 4.88. The summed E-state index contributed by atoms with van der Waals surface area (Å²) in [5.41, 5.74) is 19.2. The zero-order valence-electron chi connectivity index (χ0n) is 37.8. The predicted octanol–water partition coefficient (Wildman–Crippen LogP) is 14.5. The Morgan fingerprint density at radius 1 is 0.567 bits per heavy atom. The molecular formula is C61H44N4OPt-2. The summed E-state index contributed by atoms with van der Waals surface area (Å²) in [6, 6.07) is 68.2. The Bertz CT molecular complexity index is 3830. The number of fused-ring (bicyclic) bond motifs is 14. The minimum Gasteiger partial charge on any atom is -0.510 e. The Kier molecular flexibility index (Phi) is 9.27. The third kappa shape index (κ3) is 6.18. The quantitative estimate of drug-likeness (QED) is 0.130. The van der Waals surface area contributed by atoms with Crippen LogP contribution in [0.2, 0.25) is 0 Å². The number of benzene rings is 8. The van der Waals surface area contributed by atoms with Gasteiger partial charge in [0.05, 0.1) is 16.7 Å². The van der Waals surface area contributed by atoms with Gasteiger partial charge in [-0.05, 0) is 95.9 Å². The molecule has 1 aliphatic carbocycles. The third-order valence-corrected chi connectivity index (χ3v) is 14.0. The minimum absolute atomic E-state index is 0. The normalized spacial score (nSPS) is 13.1. The van der Waals surface area contributed by atoms with Crippen LogP contribution in [-0.4, -0.2) is 14.1 Å². The Labute approximate surface area is 404 Å². The van der Waals surface area contributed by atoms with Crippen molar-refractivity contribution in [1.82, 2.24) is 14.1 Å². The van der Waals surface area contributed by atoms with E-state index in [1.165, 1.54) is 50.1 Å². The van der Waals surface area contributed by atoms with Crippen molar-refractivity contribution >= 4 is 32.8 Å². The van der Waals surface area contributed by atoms with E-state index in [4.69, 9.17) is 9.72 Å². The molecule has 0 saturated carbocycles. The number of hydrogen-bond donors (Lipinski definition) is 0. The van der Waals surface area contributed by atoms with E-state index >= 15 is 0 Å². The molecule has 6 heteroatoms. The first-order valence-corrected chi connectivity index (χ1v) is 22.7. The average Bonchev–Trinajstić information content (AvgIpc) is 3.97. The molecule has 0 fully saturated rings. The fourth-order valence-electron chi connectivity index (χ4n) is 10.8. The summed E-state index contributed by atoms with van der Waals surface area (Å²) in [7, 11) is 0. The first-order chi connectivity index (χ1) is 32.1. The van der Waals surface area contributed by atoms with Crippen LogP contribution in [0.15, 0.2) is 176 Å². The molecule has 0 bridgehead atoms.